The van der Waals surface area contributed by atoms with Gasteiger partial charge in [0.2, 0.25) is 0 Å². The highest BCUT2D eigenvalue weighted by Gasteiger charge is 2.14. The number of carbonyl (C=O) groups excluding carboxylic acids is 1. The van der Waals surface area contributed by atoms with Gasteiger partial charge in [0, 0.05) is 17.8 Å². The minimum Gasteiger partial charge on any atom is -0.303 e. The van der Waals surface area contributed by atoms with E-state index >= 15 is 0 Å². The molecule has 1 amide bonds. The third-order valence-electron chi connectivity index (χ3n) is 2.98. The molecule has 7 heteroatoms. The van der Waals surface area contributed by atoms with Crippen LogP contribution in [0, 0.1) is 5.82 Å². The predicted octanol–water partition coefficient (Wildman–Crippen LogP) is 3.31. The second-order valence-corrected chi connectivity index (χ2v) is 5.78. The number of nitrogens with zero attached hydrogens (tertiary/aromatic N) is 3. The van der Waals surface area contributed by atoms with Crippen LogP contribution < -0.4 is 5.32 Å². The van der Waals surface area contributed by atoms with Crippen molar-refractivity contribution in [3.8, 4) is 0 Å². The second kappa shape index (κ2) is 5.25. The first-order valence-corrected chi connectivity index (χ1v) is 7.32. The van der Waals surface area contributed by atoms with E-state index in [0.29, 0.717) is 16.7 Å². The molecular formula is C14H13FN4OS. The highest BCUT2D eigenvalue weighted by Crippen LogP contribution is 2.21. The molecule has 0 spiro atoms. The SMILES string of the molecule is CC(C)c1csc(NC(=O)c2cn3cc(F)ccc3n2)n1. The highest BCUT2D eigenvalue weighted by atomic mass is 32.1. The molecular weight excluding hydrogens is 291 g/mol. The van der Waals surface area contributed by atoms with Gasteiger partial charge in [-0.05, 0) is 18.1 Å². The minimum atomic E-state index is -0.381. The molecule has 21 heavy (non-hydrogen) atoms. The van der Waals surface area contributed by atoms with Crippen LogP contribution in [0.2, 0.25) is 0 Å². The number of carbonyl (C=O) groups is 1. The Morgan fingerprint density at radius 2 is 2.14 bits per heavy atom. The second-order valence-electron chi connectivity index (χ2n) is 4.93. The van der Waals surface area contributed by atoms with E-state index in [2.05, 4.69) is 15.3 Å². The number of pyridine rings is 1. The van der Waals surface area contributed by atoms with Crippen LogP contribution >= 0.6 is 11.3 Å². The molecule has 108 valence electrons. The third kappa shape index (κ3) is 2.78. The summed E-state index contributed by atoms with van der Waals surface area (Å²) < 4.78 is 14.6. The molecule has 0 saturated heterocycles. The van der Waals surface area contributed by atoms with Crippen molar-refractivity contribution in [3.05, 3.63) is 47.1 Å². The van der Waals surface area contributed by atoms with Crippen LogP contribution in [0.1, 0.15) is 35.9 Å². The number of rotatable bonds is 3. The van der Waals surface area contributed by atoms with Crippen molar-refractivity contribution in [1.29, 1.82) is 0 Å². The first kappa shape index (κ1) is 13.7. The van der Waals surface area contributed by atoms with Crippen LogP contribution in [-0.2, 0) is 0 Å². The average Bonchev–Trinajstić information content (AvgIpc) is 3.04. The van der Waals surface area contributed by atoms with Crippen molar-refractivity contribution in [2.24, 2.45) is 0 Å². The molecule has 0 unspecified atom stereocenters. The summed E-state index contributed by atoms with van der Waals surface area (Å²) >= 11 is 1.37. The average molecular weight is 304 g/mol. The number of anilines is 1. The standard InChI is InChI=1S/C14H13FN4OS/c1-8(2)11-7-21-14(17-11)18-13(20)10-6-19-5-9(15)3-4-12(19)16-10/h3-8H,1-2H3,(H,17,18,20). The molecule has 0 fully saturated rings. The fourth-order valence-electron chi connectivity index (χ4n) is 1.84. The number of nitrogens with one attached hydrogen (secondary N) is 1. The molecule has 0 saturated carbocycles. The zero-order valence-electron chi connectivity index (χ0n) is 11.5. The molecule has 3 rings (SSSR count). The number of halogens is 1. The Kier molecular flexibility index (Phi) is 3.42. The normalized spacial score (nSPS) is 11.2. The molecule has 0 radical (unpaired) electrons. The van der Waals surface area contributed by atoms with Gasteiger partial charge < -0.3 is 4.40 Å². The summed E-state index contributed by atoms with van der Waals surface area (Å²) in [4.78, 5) is 20.6. The van der Waals surface area contributed by atoms with Crippen molar-refractivity contribution in [2.75, 3.05) is 5.32 Å². The van der Waals surface area contributed by atoms with Gasteiger partial charge in [-0.1, -0.05) is 13.8 Å². The van der Waals surface area contributed by atoms with Crippen molar-refractivity contribution in [3.63, 3.8) is 0 Å². The maximum Gasteiger partial charge on any atom is 0.277 e. The summed E-state index contributed by atoms with van der Waals surface area (Å²) in [5.41, 5.74) is 1.68. The molecule has 0 bridgehead atoms. The minimum absolute atomic E-state index is 0.224. The van der Waals surface area contributed by atoms with Crippen LogP contribution in [0.25, 0.3) is 5.65 Å². The number of aromatic nitrogens is 3. The van der Waals surface area contributed by atoms with Gasteiger partial charge >= 0.3 is 0 Å². The van der Waals surface area contributed by atoms with Gasteiger partial charge in [-0.3, -0.25) is 10.1 Å². The first-order valence-electron chi connectivity index (χ1n) is 6.44. The smallest absolute Gasteiger partial charge is 0.277 e. The van der Waals surface area contributed by atoms with E-state index in [-0.39, 0.29) is 17.4 Å². The molecule has 0 aromatic carbocycles. The van der Waals surface area contributed by atoms with Crippen LogP contribution in [0.4, 0.5) is 9.52 Å². The number of amides is 1. The Hall–Kier alpha value is -2.28. The number of hydrogen-bond acceptors (Lipinski definition) is 4. The van der Waals surface area contributed by atoms with Gasteiger partial charge in [0.15, 0.2) is 5.13 Å². The Bertz CT molecular complexity index is 808. The van der Waals surface area contributed by atoms with E-state index in [4.69, 9.17) is 0 Å². The molecule has 5 nitrogen and oxygen atoms in total. The number of fused-ring (bicyclic) bond motifs is 1. The van der Waals surface area contributed by atoms with E-state index in [1.54, 1.807) is 0 Å². The van der Waals surface area contributed by atoms with E-state index < -0.39 is 0 Å². The maximum absolute atomic E-state index is 13.1. The fourth-order valence-corrected chi connectivity index (χ4v) is 2.71. The van der Waals surface area contributed by atoms with E-state index in [1.807, 2.05) is 19.2 Å². The van der Waals surface area contributed by atoms with Crippen molar-refractivity contribution in [1.82, 2.24) is 14.4 Å². The Labute approximate surface area is 124 Å². The van der Waals surface area contributed by atoms with Crippen molar-refractivity contribution < 1.29 is 9.18 Å². The summed E-state index contributed by atoms with van der Waals surface area (Å²) in [5.74, 6) is -0.429. The highest BCUT2D eigenvalue weighted by molar-refractivity contribution is 7.14. The van der Waals surface area contributed by atoms with Gasteiger partial charge in [-0.15, -0.1) is 11.3 Å². The summed E-state index contributed by atoms with van der Waals surface area (Å²) in [6.07, 6.45) is 2.77. The molecule has 0 atom stereocenters. The van der Waals surface area contributed by atoms with E-state index in [9.17, 15) is 9.18 Å². The Morgan fingerprint density at radius 3 is 2.86 bits per heavy atom. The predicted molar refractivity (Wildman–Crippen MR) is 79.3 cm³/mol. The van der Waals surface area contributed by atoms with Crippen LogP contribution in [0.5, 0.6) is 0 Å². The van der Waals surface area contributed by atoms with Gasteiger partial charge in [-0.25, -0.2) is 14.4 Å². The summed E-state index contributed by atoms with van der Waals surface area (Å²) in [7, 11) is 0. The molecule has 0 aliphatic rings. The largest absolute Gasteiger partial charge is 0.303 e. The summed E-state index contributed by atoms with van der Waals surface area (Å²) in [6, 6.07) is 2.83. The number of thiazole rings is 1. The van der Waals surface area contributed by atoms with Crippen molar-refractivity contribution >= 4 is 28.0 Å². The molecule has 0 aliphatic heterocycles. The topological polar surface area (TPSA) is 59.3 Å². The van der Waals surface area contributed by atoms with Crippen molar-refractivity contribution in [2.45, 2.75) is 19.8 Å². The molecule has 0 aliphatic carbocycles. The Balaban J connectivity index is 1.82. The Morgan fingerprint density at radius 1 is 1.33 bits per heavy atom. The quantitative estimate of drug-likeness (QED) is 0.807. The summed E-state index contributed by atoms with van der Waals surface area (Å²) in [5, 5.41) is 5.16. The lowest BCUT2D eigenvalue weighted by Gasteiger charge is -1.99. The molecule has 1 N–H and O–H groups in total. The summed E-state index contributed by atoms with van der Waals surface area (Å²) in [6.45, 7) is 4.08. The lowest BCUT2D eigenvalue weighted by molar-refractivity contribution is 0.102. The van der Waals surface area contributed by atoms with Gasteiger partial charge in [0.1, 0.15) is 17.2 Å². The van der Waals surface area contributed by atoms with Crippen LogP contribution in [0.15, 0.2) is 29.9 Å². The molecule has 3 heterocycles. The van der Waals surface area contributed by atoms with E-state index in [0.717, 1.165) is 5.69 Å². The van der Waals surface area contributed by atoms with Gasteiger partial charge in [0.05, 0.1) is 5.69 Å². The lowest BCUT2D eigenvalue weighted by atomic mass is 10.2. The first-order chi connectivity index (χ1) is 10.0. The zero-order chi connectivity index (χ0) is 15.0. The monoisotopic (exact) mass is 304 g/mol. The maximum atomic E-state index is 13.1. The van der Waals surface area contributed by atoms with Gasteiger partial charge in [0.25, 0.3) is 5.91 Å². The van der Waals surface area contributed by atoms with Crippen LogP contribution in [-0.4, -0.2) is 20.3 Å². The van der Waals surface area contributed by atoms with Crippen LogP contribution in [0.3, 0.4) is 0 Å². The van der Waals surface area contributed by atoms with E-state index in [1.165, 1.54) is 40.3 Å². The number of imidazole rings is 1. The van der Waals surface area contributed by atoms with Gasteiger partial charge in [-0.2, -0.15) is 0 Å². The third-order valence-corrected chi connectivity index (χ3v) is 3.76. The molecule has 3 aromatic heterocycles. The lowest BCUT2D eigenvalue weighted by Crippen LogP contribution is -2.12. The molecule has 3 aromatic rings. The zero-order valence-corrected chi connectivity index (χ0v) is 12.3. The fraction of sp³-hybridized carbons (Fsp3) is 0.214. The number of hydrogen-bond donors (Lipinski definition) is 1.